The highest BCUT2D eigenvalue weighted by Gasteiger charge is 2.26. The van der Waals surface area contributed by atoms with Crippen LogP contribution in [0.3, 0.4) is 0 Å². The minimum absolute atomic E-state index is 0.498. The molecular weight excluding hydrogens is 347 g/mol. The van der Waals surface area contributed by atoms with Gasteiger partial charge in [-0.05, 0) is 38.5 Å². The Balaban J connectivity index is 1.41. The average Bonchev–Trinajstić information content (AvgIpc) is 3.18. The maximum atomic E-state index is 13.5. The number of anilines is 4. The molecular formula is C18H25FN8. The maximum absolute atomic E-state index is 13.5. The molecule has 9 heteroatoms. The highest BCUT2D eigenvalue weighted by molar-refractivity contribution is 5.53. The zero-order chi connectivity index (χ0) is 18.2. The summed E-state index contributed by atoms with van der Waals surface area (Å²) < 4.78 is 13.5. The smallest absolute Gasteiger partial charge is 0.235 e. The summed E-state index contributed by atoms with van der Waals surface area (Å²) in [4.78, 5) is 18.2. The van der Waals surface area contributed by atoms with E-state index < -0.39 is 6.17 Å². The SMILES string of the molecule is FC1CCN(c2nc(Nc3cc(C4CC4)[nH]n3)nc(N3CCCC3)n2)CC1. The van der Waals surface area contributed by atoms with Crippen LogP contribution in [-0.4, -0.2) is 57.5 Å². The first-order valence-corrected chi connectivity index (χ1v) is 9.97. The molecule has 2 saturated heterocycles. The third kappa shape index (κ3) is 3.68. The van der Waals surface area contributed by atoms with Gasteiger partial charge in [0.25, 0.3) is 0 Å². The van der Waals surface area contributed by atoms with Crippen LogP contribution in [0.25, 0.3) is 0 Å². The summed E-state index contributed by atoms with van der Waals surface area (Å²) in [6.07, 6.45) is 5.09. The first-order valence-electron chi connectivity index (χ1n) is 9.97. The molecule has 2 aliphatic heterocycles. The summed E-state index contributed by atoms with van der Waals surface area (Å²) in [6, 6.07) is 2.03. The maximum Gasteiger partial charge on any atom is 0.235 e. The van der Waals surface area contributed by atoms with E-state index in [2.05, 4.69) is 40.3 Å². The number of halogens is 1. The van der Waals surface area contributed by atoms with Gasteiger partial charge in [-0.3, -0.25) is 5.10 Å². The number of hydrogen-bond donors (Lipinski definition) is 2. The van der Waals surface area contributed by atoms with Crippen molar-refractivity contribution in [3.8, 4) is 0 Å². The fourth-order valence-corrected chi connectivity index (χ4v) is 3.78. The largest absolute Gasteiger partial charge is 0.341 e. The van der Waals surface area contributed by atoms with Crippen molar-refractivity contribution in [3.63, 3.8) is 0 Å². The van der Waals surface area contributed by atoms with Crippen molar-refractivity contribution in [1.82, 2.24) is 25.1 Å². The van der Waals surface area contributed by atoms with E-state index in [4.69, 9.17) is 0 Å². The molecule has 27 heavy (non-hydrogen) atoms. The summed E-state index contributed by atoms with van der Waals surface area (Å²) in [5.74, 6) is 3.16. The Kier molecular flexibility index (Phi) is 4.29. The lowest BCUT2D eigenvalue weighted by molar-refractivity contribution is 0.276. The van der Waals surface area contributed by atoms with E-state index in [1.165, 1.54) is 12.8 Å². The minimum atomic E-state index is -0.719. The fourth-order valence-electron chi connectivity index (χ4n) is 3.78. The molecule has 0 bridgehead atoms. The number of aromatic amines is 1. The van der Waals surface area contributed by atoms with Gasteiger partial charge >= 0.3 is 0 Å². The number of hydrogen-bond acceptors (Lipinski definition) is 7. The number of aromatic nitrogens is 5. The number of alkyl halides is 1. The van der Waals surface area contributed by atoms with Gasteiger partial charge in [0.15, 0.2) is 5.82 Å². The van der Waals surface area contributed by atoms with Gasteiger partial charge in [-0.1, -0.05) is 0 Å². The Morgan fingerprint density at radius 2 is 1.59 bits per heavy atom. The standard InChI is InChI=1S/C18H25FN8/c19-13-5-9-27(10-6-13)18-22-16(21-17(23-18)26-7-1-2-8-26)20-15-11-14(24-25-15)12-3-4-12/h11-13H,1-10H2,(H2,20,21,22,23,24,25). The molecule has 2 N–H and O–H groups in total. The molecule has 0 aromatic carbocycles. The lowest BCUT2D eigenvalue weighted by atomic mass is 10.1. The molecule has 2 aromatic heterocycles. The van der Waals surface area contributed by atoms with E-state index in [-0.39, 0.29) is 0 Å². The van der Waals surface area contributed by atoms with Crippen molar-refractivity contribution in [2.45, 2.75) is 50.6 Å². The van der Waals surface area contributed by atoms with Crippen molar-refractivity contribution in [1.29, 1.82) is 0 Å². The van der Waals surface area contributed by atoms with Crippen molar-refractivity contribution < 1.29 is 4.39 Å². The average molecular weight is 372 g/mol. The summed E-state index contributed by atoms with van der Waals surface area (Å²) in [5, 5.41) is 10.7. The highest BCUT2D eigenvalue weighted by Crippen LogP contribution is 2.39. The van der Waals surface area contributed by atoms with Crippen molar-refractivity contribution in [2.75, 3.05) is 41.3 Å². The van der Waals surface area contributed by atoms with Crippen LogP contribution in [0.15, 0.2) is 6.07 Å². The summed E-state index contributed by atoms with van der Waals surface area (Å²) >= 11 is 0. The van der Waals surface area contributed by atoms with Crippen LogP contribution in [0.5, 0.6) is 0 Å². The number of piperidine rings is 1. The first-order chi connectivity index (χ1) is 13.2. The van der Waals surface area contributed by atoms with E-state index >= 15 is 0 Å². The summed E-state index contributed by atoms with van der Waals surface area (Å²) in [6.45, 7) is 3.20. The molecule has 8 nitrogen and oxygen atoms in total. The fraction of sp³-hybridized carbons (Fsp3) is 0.667. The number of nitrogens with one attached hydrogen (secondary N) is 2. The van der Waals surface area contributed by atoms with Gasteiger partial charge in [0.05, 0.1) is 0 Å². The van der Waals surface area contributed by atoms with E-state index in [1.54, 1.807) is 0 Å². The number of H-pyrrole nitrogens is 1. The zero-order valence-corrected chi connectivity index (χ0v) is 15.4. The molecule has 0 amide bonds. The third-order valence-electron chi connectivity index (χ3n) is 5.56. The Hall–Kier alpha value is -2.45. The molecule has 0 spiro atoms. The van der Waals surface area contributed by atoms with Gasteiger partial charge in [0.1, 0.15) is 6.17 Å². The van der Waals surface area contributed by atoms with Crippen LogP contribution in [0.2, 0.25) is 0 Å². The predicted octanol–water partition coefficient (Wildman–Crippen LogP) is 2.75. The zero-order valence-electron chi connectivity index (χ0n) is 15.4. The molecule has 5 rings (SSSR count). The minimum Gasteiger partial charge on any atom is -0.341 e. The lowest BCUT2D eigenvalue weighted by Gasteiger charge is -2.29. The summed E-state index contributed by atoms with van der Waals surface area (Å²) in [5.41, 5.74) is 1.16. The molecule has 1 aliphatic carbocycles. The van der Waals surface area contributed by atoms with Gasteiger partial charge in [0, 0.05) is 43.9 Å². The summed E-state index contributed by atoms with van der Waals surface area (Å²) in [7, 11) is 0. The Morgan fingerprint density at radius 1 is 0.926 bits per heavy atom. The Bertz CT molecular complexity index is 790. The monoisotopic (exact) mass is 372 g/mol. The van der Waals surface area contributed by atoms with Crippen LogP contribution in [0.1, 0.15) is 50.1 Å². The highest BCUT2D eigenvalue weighted by atomic mass is 19.1. The van der Waals surface area contributed by atoms with Crippen molar-refractivity contribution in [2.24, 2.45) is 0 Å². The molecule has 144 valence electrons. The molecule has 4 heterocycles. The second kappa shape index (κ2) is 6.94. The van der Waals surface area contributed by atoms with Gasteiger partial charge in [-0.25, -0.2) is 4.39 Å². The van der Waals surface area contributed by atoms with Crippen LogP contribution in [0, 0.1) is 0 Å². The van der Waals surface area contributed by atoms with E-state index in [0.717, 1.165) is 37.4 Å². The van der Waals surface area contributed by atoms with E-state index in [1.807, 2.05) is 6.07 Å². The Labute approximate surface area is 157 Å². The molecule has 0 radical (unpaired) electrons. The van der Waals surface area contributed by atoms with Crippen LogP contribution >= 0.6 is 0 Å². The second-order valence-electron chi connectivity index (χ2n) is 7.72. The number of nitrogens with zero attached hydrogens (tertiary/aromatic N) is 6. The van der Waals surface area contributed by atoms with Crippen LogP contribution in [0.4, 0.5) is 28.1 Å². The third-order valence-corrected chi connectivity index (χ3v) is 5.56. The molecule has 1 saturated carbocycles. The second-order valence-corrected chi connectivity index (χ2v) is 7.72. The van der Waals surface area contributed by atoms with Crippen molar-refractivity contribution in [3.05, 3.63) is 11.8 Å². The normalized spacial score (nSPS) is 21.1. The topological polar surface area (TPSA) is 85.9 Å². The van der Waals surface area contributed by atoms with Gasteiger partial charge in [0.2, 0.25) is 17.8 Å². The van der Waals surface area contributed by atoms with Gasteiger partial charge < -0.3 is 15.1 Å². The molecule has 2 aromatic rings. The van der Waals surface area contributed by atoms with E-state index in [0.29, 0.717) is 49.7 Å². The Morgan fingerprint density at radius 3 is 2.26 bits per heavy atom. The van der Waals surface area contributed by atoms with Crippen LogP contribution in [-0.2, 0) is 0 Å². The predicted molar refractivity (Wildman–Crippen MR) is 101 cm³/mol. The quantitative estimate of drug-likeness (QED) is 0.834. The van der Waals surface area contributed by atoms with Gasteiger partial charge in [-0.2, -0.15) is 20.1 Å². The van der Waals surface area contributed by atoms with E-state index in [9.17, 15) is 4.39 Å². The molecule has 0 unspecified atom stereocenters. The van der Waals surface area contributed by atoms with Gasteiger partial charge in [-0.15, -0.1) is 0 Å². The van der Waals surface area contributed by atoms with Crippen LogP contribution < -0.4 is 15.1 Å². The lowest BCUT2D eigenvalue weighted by Crippen LogP contribution is -2.36. The first kappa shape index (κ1) is 16.7. The molecule has 0 atom stereocenters. The molecule has 3 fully saturated rings. The molecule has 3 aliphatic rings. The number of rotatable bonds is 5. The van der Waals surface area contributed by atoms with Crippen molar-refractivity contribution >= 4 is 23.7 Å².